The summed E-state index contributed by atoms with van der Waals surface area (Å²) in [5.41, 5.74) is 6.27. The second-order valence-corrected chi connectivity index (χ2v) is 5.45. The van der Waals surface area contributed by atoms with Gasteiger partial charge in [0, 0.05) is 18.7 Å². The summed E-state index contributed by atoms with van der Waals surface area (Å²) in [7, 11) is 0. The van der Waals surface area contributed by atoms with E-state index in [0.29, 0.717) is 18.7 Å². The van der Waals surface area contributed by atoms with Crippen molar-refractivity contribution >= 4 is 5.91 Å². The molecule has 1 fully saturated rings. The zero-order valence-electron chi connectivity index (χ0n) is 11.2. The second-order valence-electron chi connectivity index (χ2n) is 5.45. The molecule has 0 bridgehead atoms. The Balaban J connectivity index is 1.80. The summed E-state index contributed by atoms with van der Waals surface area (Å²) in [5, 5.41) is 13.6. The third-order valence-corrected chi connectivity index (χ3v) is 3.81. The lowest BCUT2D eigenvalue weighted by Crippen LogP contribution is -2.41. The summed E-state index contributed by atoms with van der Waals surface area (Å²) in [6, 6.07) is 7.24. The lowest BCUT2D eigenvalue weighted by Gasteiger charge is -2.32. The summed E-state index contributed by atoms with van der Waals surface area (Å²) < 4.78 is 0. The van der Waals surface area contributed by atoms with Crippen LogP contribution in [0.2, 0.25) is 0 Å². The van der Waals surface area contributed by atoms with Gasteiger partial charge in [0.05, 0.1) is 5.60 Å². The van der Waals surface area contributed by atoms with E-state index < -0.39 is 11.5 Å². The molecule has 1 aromatic carbocycles. The minimum Gasteiger partial charge on any atom is -0.389 e. The normalized spacial score (nSPS) is 18.2. The van der Waals surface area contributed by atoms with Crippen LogP contribution in [0, 0.1) is 0 Å². The maximum Gasteiger partial charge on any atom is 0.248 e. The Bertz CT molecular complexity index is 422. The van der Waals surface area contributed by atoms with E-state index in [1.807, 2.05) is 12.1 Å². The number of hydrogen-bond donors (Lipinski definition) is 3. The van der Waals surface area contributed by atoms with E-state index >= 15 is 0 Å². The Morgan fingerprint density at radius 2 is 1.84 bits per heavy atom. The zero-order valence-corrected chi connectivity index (χ0v) is 11.2. The number of carbonyl (C=O) groups is 1. The highest BCUT2D eigenvalue weighted by Crippen LogP contribution is 2.27. The molecule has 1 saturated carbocycles. The Morgan fingerprint density at radius 1 is 1.21 bits per heavy atom. The number of nitrogens with two attached hydrogens (primary N) is 1. The van der Waals surface area contributed by atoms with Crippen molar-refractivity contribution in [1.82, 2.24) is 5.32 Å². The van der Waals surface area contributed by atoms with E-state index in [1.54, 1.807) is 12.1 Å². The Labute approximate surface area is 114 Å². The predicted molar refractivity (Wildman–Crippen MR) is 74.7 cm³/mol. The molecule has 0 aliphatic heterocycles. The monoisotopic (exact) mass is 262 g/mol. The maximum absolute atomic E-state index is 10.9. The molecule has 1 aliphatic carbocycles. The molecule has 4 heteroatoms. The van der Waals surface area contributed by atoms with Crippen molar-refractivity contribution in [3.63, 3.8) is 0 Å². The van der Waals surface area contributed by atoms with E-state index in [4.69, 9.17) is 5.73 Å². The SMILES string of the molecule is NC(=O)c1ccc(CNCC2(O)CCCCC2)cc1. The number of hydrogen-bond acceptors (Lipinski definition) is 3. The minimum atomic E-state index is -0.536. The van der Waals surface area contributed by atoms with Crippen molar-refractivity contribution in [2.75, 3.05) is 6.54 Å². The molecule has 0 spiro atoms. The molecule has 0 saturated heterocycles. The smallest absolute Gasteiger partial charge is 0.248 e. The molecule has 0 aromatic heterocycles. The molecule has 0 atom stereocenters. The quantitative estimate of drug-likeness (QED) is 0.754. The maximum atomic E-state index is 10.9. The minimum absolute atomic E-state index is 0.406. The van der Waals surface area contributed by atoms with Gasteiger partial charge in [-0.1, -0.05) is 31.4 Å². The van der Waals surface area contributed by atoms with Crippen molar-refractivity contribution in [3.05, 3.63) is 35.4 Å². The van der Waals surface area contributed by atoms with Crippen molar-refractivity contribution < 1.29 is 9.90 Å². The van der Waals surface area contributed by atoms with Crippen LogP contribution in [0.4, 0.5) is 0 Å². The number of aliphatic hydroxyl groups is 1. The van der Waals surface area contributed by atoms with Gasteiger partial charge in [-0.2, -0.15) is 0 Å². The molecule has 0 unspecified atom stereocenters. The van der Waals surface area contributed by atoms with Gasteiger partial charge in [0.2, 0.25) is 5.91 Å². The number of benzene rings is 1. The molecule has 0 heterocycles. The third-order valence-electron chi connectivity index (χ3n) is 3.81. The Morgan fingerprint density at radius 3 is 2.42 bits per heavy atom. The second kappa shape index (κ2) is 6.17. The van der Waals surface area contributed by atoms with Gasteiger partial charge in [-0.3, -0.25) is 4.79 Å². The molecule has 4 nitrogen and oxygen atoms in total. The van der Waals surface area contributed by atoms with Crippen LogP contribution in [0.5, 0.6) is 0 Å². The van der Waals surface area contributed by atoms with E-state index in [9.17, 15) is 9.90 Å². The van der Waals surface area contributed by atoms with Gasteiger partial charge in [-0.05, 0) is 30.5 Å². The first-order valence-electron chi connectivity index (χ1n) is 6.91. The predicted octanol–water partition coefficient (Wildman–Crippen LogP) is 1.57. The fourth-order valence-electron chi connectivity index (χ4n) is 2.61. The van der Waals surface area contributed by atoms with E-state index in [-0.39, 0.29) is 0 Å². The first-order chi connectivity index (χ1) is 9.09. The van der Waals surface area contributed by atoms with Gasteiger partial charge >= 0.3 is 0 Å². The van der Waals surface area contributed by atoms with Crippen LogP contribution in [0.15, 0.2) is 24.3 Å². The van der Waals surface area contributed by atoms with Crippen LogP contribution in [-0.2, 0) is 6.54 Å². The highest BCUT2D eigenvalue weighted by molar-refractivity contribution is 5.92. The summed E-state index contributed by atoms with van der Waals surface area (Å²) >= 11 is 0. The summed E-state index contributed by atoms with van der Waals surface area (Å²) in [4.78, 5) is 10.9. The van der Waals surface area contributed by atoms with E-state index in [1.165, 1.54) is 6.42 Å². The average Bonchev–Trinajstić information content (AvgIpc) is 2.40. The lowest BCUT2D eigenvalue weighted by molar-refractivity contribution is 0.00467. The molecule has 1 aromatic rings. The van der Waals surface area contributed by atoms with E-state index in [2.05, 4.69) is 5.32 Å². The number of rotatable bonds is 5. The number of nitrogens with one attached hydrogen (secondary N) is 1. The molecule has 104 valence electrons. The summed E-state index contributed by atoms with van der Waals surface area (Å²) in [6.07, 6.45) is 5.25. The van der Waals surface area contributed by atoms with Crippen LogP contribution in [0.1, 0.15) is 48.0 Å². The number of amides is 1. The third kappa shape index (κ3) is 4.04. The van der Waals surface area contributed by atoms with Gasteiger partial charge in [0.25, 0.3) is 0 Å². The highest BCUT2D eigenvalue weighted by atomic mass is 16.3. The lowest BCUT2D eigenvalue weighted by atomic mass is 9.85. The molecule has 19 heavy (non-hydrogen) atoms. The largest absolute Gasteiger partial charge is 0.389 e. The van der Waals surface area contributed by atoms with Crippen molar-refractivity contribution in [2.24, 2.45) is 5.73 Å². The van der Waals surface area contributed by atoms with Crippen LogP contribution in [0.25, 0.3) is 0 Å². The molecule has 1 amide bonds. The van der Waals surface area contributed by atoms with E-state index in [0.717, 1.165) is 31.2 Å². The average molecular weight is 262 g/mol. The number of primary amides is 1. The Hall–Kier alpha value is -1.39. The van der Waals surface area contributed by atoms with Crippen molar-refractivity contribution in [2.45, 2.75) is 44.2 Å². The van der Waals surface area contributed by atoms with Crippen LogP contribution < -0.4 is 11.1 Å². The number of carbonyl (C=O) groups excluding carboxylic acids is 1. The molecular formula is C15H22N2O2. The standard InChI is InChI=1S/C15H22N2O2/c16-14(18)13-6-4-12(5-7-13)10-17-11-15(19)8-2-1-3-9-15/h4-7,17,19H,1-3,8-11H2,(H2,16,18). The fourth-order valence-corrected chi connectivity index (χ4v) is 2.61. The van der Waals surface area contributed by atoms with Crippen LogP contribution >= 0.6 is 0 Å². The first-order valence-corrected chi connectivity index (χ1v) is 6.91. The van der Waals surface area contributed by atoms with Gasteiger partial charge in [0.15, 0.2) is 0 Å². The van der Waals surface area contributed by atoms with Gasteiger partial charge in [0.1, 0.15) is 0 Å². The van der Waals surface area contributed by atoms with Gasteiger partial charge in [-0.15, -0.1) is 0 Å². The zero-order chi connectivity index (χ0) is 13.7. The van der Waals surface area contributed by atoms with Crippen LogP contribution in [-0.4, -0.2) is 23.2 Å². The summed E-state index contributed by atoms with van der Waals surface area (Å²) in [5.74, 6) is -0.406. The van der Waals surface area contributed by atoms with Crippen molar-refractivity contribution in [3.8, 4) is 0 Å². The fraction of sp³-hybridized carbons (Fsp3) is 0.533. The molecule has 0 radical (unpaired) electrons. The van der Waals surface area contributed by atoms with Gasteiger partial charge < -0.3 is 16.2 Å². The highest BCUT2D eigenvalue weighted by Gasteiger charge is 2.28. The molecule has 1 aliphatic rings. The van der Waals surface area contributed by atoms with Crippen LogP contribution in [0.3, 0.4) is 0 Å². The Kier molecular flexibility index (Phi) is 4.56. The van der Waals surface area contributed by atoms with Crippen molar-refractivity contribution in [1.29, 1.82) is 0 Å². The first kappa shape index (κ1) is 14.0. The van der Waals surface area contributed by atoms with Gasteiger partial charge in [-0.25, -0.2) is 0 Å². The molecule has 4 N–H and O–H groups in total. The molecule has 2 rings (SSSR count). The topological polar surface area (TPSA) is 75.4 Å². The summed E-state index contributed by atoms with van der Waals surface area (Å²) in [6.45, 7) is 1.33. The molecular weight excluding hydrogens is 240 g/mol.